The summed E-state index contributed by atoms with van der Waals surface area (Å²) in [5.74, 6) is -2.17. The second kappa shape index (κ2) is 8.46. The van der Waals surface area contributed by atoms with Crippen molar-refractivity contribution in [2.24, 2.45) is 0 Å². The van der Waals surface area contributed by atoms with Crippen LogP contribution in [0.15, 0.2) is 61.2 Å². The van der Waals surface area contributed by atoms with Crippen LogP contribution in [-0.2, 0) is 14.6 Å². The largest absolute Gasteiger partial charge is 0.471 e. The molecule has 5 nitrogen and oxygen atoms in total. The number of rotatable bonds is 4. The molecule has 0 bridgehead atoms. The first-order valence-corrected chi connectivity index (χ1v) is 10.3. The number of amides is 1. The van der Waals surface area contributed by atoms with Gasteiger partial charge in [-0.2, -0.15) is 18.4 Å². The van der Waals surface area contributed by atoms with E-state index in [4.69, 9.17) is 0 Å². The molecular formula is C17H9Br2F3N2O3S. The number of hydrogen-bond acceptors (Lipinski definition) is 4. The van der Waals surface area contributed by atoms with Crippen molar-refractivity contribution in [3.8, 4) is 6.07 Å². The van der Waals surface area contributed by atoms with E-state index < -0.39 is 26.8 Å². The Morgan fingerprint density at radius 2 is 1.82 bits per heavy atom. The van der Waals surface area contributed by atoms with Gasteiger partial charge >= 0.3 is 12.1 Å². The number of hydrogen-bond donors (Lipinski definition) is 1. The Morgan fingerprint density at radius 3 is 2.43 bits per heavy atom. The highest BCUT2D eigenvalue weighted by molar-refractivity contribution is 9.11. The van der Waals surface area contributed by atoms with Crippen LogP contribution in [0.25, 0.3) is 6.08 Å². The first-order chi connectivity index (χ1) is 12.9. The second-order valence-electron chi connectivity index (χ2n) is 5.28. The first-order valence-electron chi connectivity index (χ1n) is 7.25. The van der Waals surface area contributed by atoms with E-state index in [0.717, 1.165) is 12.1 Å². The lowest BCUT2D eigenvalue weighted by Gasteiger charge is -2.09. The molecule has 0 unspecified atom stereocenters. The fourth-order valence-electron chi connectivity index (χ4n) is 2.03. The fourth-order valence-corrected chi connectivity index (χ4v) is 4.68. The van der Waals surface area contributed by atoms with E-state index in [1.54, 1.807) is 17.5 Å². The van der Waals surface area contributed by atoms with Gasteiger partial charge in [0.05, 0.1) is 4.90 Å². The SMILES string of the molecule is N#C/C(=C\c1cccc(NC(=O)C(F)(F)F)c1)S(=O)(=O)c1cc(Br)ccc1Br. The molecule has 0 spiro atoms. The third kappa shape index (κ3) is 5.21. The van der Waals surface area contributed by atoms with Gasteiger partial charge in [0.2, 0.25) is 9.84 Å². The third-order valence-corrected chi connectivity index (χ3v) is 6.43. The second-order valence-corrected chi connectivity index (χ2v) is 8.93. The first kappa shape index (κ1) is 22.1. The molecule has 0 aliphatic carbocycles. The van der Waals surface area contributed by atoms with Crippen molar-refractivity contribution < 1.29 is 26.4 Å². The van der Waals surface area contributed by atoms with Gasteiger partial charge in [0.1, 0.15) is 11.0 Å². The minimum absolute atomic E-state index is 0.117. The molecule has 2 aromatic carbocycles. The summed E-state index contributed by atoms with van der Waals surface area (Å²) in [4.78, 5) is 10.3. The Balaban J connectivity index is 2.45. The molecule has 0 aromatic heterocycles. The highest BCUT2D eigenvalue weighted by Gasteiger charge is 2.38. The van der Waals surface area contributed by atoms with E-state index in [-0.39, 0.29) is 20.6 Å². The summed E-state index contributed by atoms with van der Waals surface area (Å²) in [7, 11) is -4.21. The lowest BCUT2D eigenvalue weighted by Crippen LogP contribution is -2.29. The van der Waals surface area contributed by atoms with Crippen LogP contribution < -0.4 is 5.32 Å². The van der Waals surface area contributed by atoms with Crippen molar-refractivity contribution in [2.75, 3.05) is 5.32 Å². The van der Waals surface area contributed by atoms with Gasteiger partial charge in [-0.25, -0.2) is 8.42 Å². The van der Waals surface area contributed by atoms with Crippen LogP contribution in [0.2, 0.25) is 0 Å². The smallest absolute Gasteiger partial charge is 0.318 e. The maximum absolute atomic E-state index is 12.8. The summed E-state index contributed by atoms with van der Waals surface area (Å²) < 4.78 is 63.3. The van der Waals surface area contributed by atoms with Gasteiger partial charge in [-0.05, 0) is 57.9 Å². The molecule has 0 radical (unpaired) electrons. The number of nitriles is 1. The highest BCUT2D eigenvalue weighted by atomic mass is 79.9. The molecule has 0 heterocycles. The number of nitrogens with one attached hydrogen (secondary N) is 1. The molecule has 0 atom stereocenters. The van der Waals surface area contributed by atoms with Crippen LogP contribution in [0.4, 0.5) is 18.9 Å². The van der Waals surface area contributed by atoms with Gasteiger partial charge in [-0.3, -0.25) is 4.79 Å². The summed E-state index contributed by atoms with van der Waals surface area (Å²) in [6.07, 6.45) is -4.06. The molecular weight excluding hydrogens is 529 g/mol. The van der Waals surface area contributed by atoms with Gasteiger partial charge < -0.3 is 5.32 Å². The molecule has 146 valence electrons. The number of halogens is 5. The van der Waals surface area contributed by atoms with E-state index in [1.165, 1.54) is 30.3 Å². The fraction of sp³-hybridized carbons (Fsp3) is 0.0588. The predicted octanol–water partition coefficient (Wildman–Crippen LogP) is 5.05. The zero-order chi connectivity index (χ0) is 21.1. The standard InChI is InChI=1S/C17H9Br2F3N2O3S/c18-11-4-5-14(19)15(8-11)28(26,27)13(9-23)7-10-2-1-3-12(6-10)24-16(25)17(20,21)22/h1-8H,(H,24,25)/b13-7+. The number of alkyl halides is 3. The summed E-state index contributed by atoms with van der Waals surface area (Å²) in [6.45, 7) is 0. The van der Waals surface area contributed by atoms with Crippen molar-refractivity contribution in [3.05, 3.63) is 61.9 Å². The van der Waals surface area contributed by atoms with Crippen LogP contribution in [-0.4, -0.2) is 20.5 Å². The Bertz CT molecular complexity index is 1110. The van der Waals surface area contributed by atoms with Crippen molar-refractivity contribution in [2.45, 2.75) is 11.1 Å². The normalized spacial score (nSPS) is 12.4. The molecule has 1 N–H and O–H groups in total. The maximum Gasteiger partial charge on any atom is 0.471 e. The molecule has 0 fully saturated rings. The van der Waals surface area contributed by atoms with Crippen LogP contribution in [0.1, 0.15) is 5.56 Å². The van der Waals surface area contributed by atoms with Crippen LogP contribution in [0, 0.1) is 11.3 Å². The number of nitrogens with zero attached hydrogens (tertiary/aromatic N) is 1. The molecule has 0 saturated heterocycles. The van der Waals surface area contributed by atoms with E-state index in [0.29, 0.717) is 4.47 Å². The Labute approximate surface area is 175 Å². The monoisotopic (exact) mass is 536 g/mol. The third-order valence-electron chi connectivity index (χ3n) is 3.28. The molecule has 0 saturated carbocycles. The quantitative estimate of drug-likeness (QED) is 0.553. The van der Waals surface area contributed by atoms with Gasteiger partial charge in [-0.1, -0.05) is 28.1 Å². The van der Waals surface area contributed by atoms with Gasteiger partial charge in [0.25, 0.3) is 0 Å². The van der Waals surface area contributed by atoms with Gasteiger partial charge in [0.15, 0.2) is 0 Å². The molecule has 28 heavy (non-hydrogen) atoms. The Hall–Kier alpha value is -2.16. The van der Waals surface area contributed by atoms with Crippen LogP contribution in [0.3, 0.4) is 0 Å². The van der Waals surface area contributed by atoms with E-state index in [9.17, 15) is 31.6 Å². The number of carbonyl (C=O) groups is 1. The molecule has 2 aromatic rings. The zero-order valence-corrected chi connectivity index (χ0v) is 17.6. The lowest BCUT2D eigenvalue weighted by molar-refractivity contribution is -0.167. The summed E-state index contributed by atoms with van der Waals surface area (Å²) in [5, 5.41) is 11.0. The van der Waals surface area contributed by atoms with Crippen molar-refractivity contribution in [3.63, 3.8) is 0 Å². The Kier molecular flexibility index (Phi) is 6.69. The van der Waals surface area contributed by atoms with Crippen LogP contribution >= 0.6 is 31.9 Å². The van der Waals surface area contributed by atoms with E-state index >= 15 is 0 Å². The van der Waals surface area contributed by atoms with Gasteiger partial charge in [0, 0.05) is 14.6 Å². The topological polar surface area (TPSA) is 87.0 Å². The zero-order valence-electron chi connectivity index (χ0n) is 13.6. The summed E-state index contributed by atoms with van der Waals surface area (Å²) in [6, 6.07) is 11.0. The maximum atomic E-state index is 12.8. The van der Waals surface area contributed by atoms with Crippen molar-refractivity contribution in [1.29, 1.82) is 5.26 Å². The molecule has 2 rings (SSSR count). The van der Waals surface area contributed by atoms with Gasteiger partial charge in [-0.15, -0.1) is 0 Å². The lowest BCUT2D eigenvalue weighted by atomic mass is 10.2. The Morgan fingerprint density at radius 1 is 1.14 bits per heavy atom. The minimum atomic E-state index is -5.07. The average molecular weight is 538 g/mol. The minimum Gasteiger partial charge on any atom is -0.318 e. The van der Waals surface area contributed by atoms with Crippen LogP contribution in [0.5, 0.6) is 0 Å². The van der Waals surface area contributed by atoms with E-state index in [1.807, 2.05) is 0 Å². The van der Waals surface area contributed by atoms with E-state index in [2.05, 4.69) is 31.9 Å². The summed E-state index contributed by atoms with van der Waals surface area (Å²) >= 11 is 6.27. The number of allylic oxidation sites excluding steroid dienone is 1. The molecule has 11 heteroatoms. The number of carbonyl (C=O) groups excluding carboxylic acids is 1. The summed E-state index contributed by atoms with van der Waals surface area (Å²) in [5.41, 5.74) is -0.0828. The highest BCUT2D eigenvalue weighted by Crippen LogP contribution is 2.31. The number of anilines is 1. The predicted molar refractivity (Wildman–Crippen MR) is 104 cm³/mol. The number of benzene rings is 2. The number of sulfone groups is 1. The average Bonchev–Trinajstić information content (AvgIpc) is 2.61. The molecule has 0 aliphatic rings. The van der Waals surface area contributed by atoms with Crippen molar-refractivity contribution >= 4 is 59.4 Å². The van der Waals surface area contributed by atoms with Crippen molar-refractivity contribution in [1.82, 2.24) is 0 Å². The molecule has 1 amide bonds. The molecule has 0 aliphatic heterocycles.